The summed E-state index contributed by atoms with van der Waals surface area (Å²) in [4.78, 5) is 0. The molecule has 1 aliphatic heterocycles. The van der Waals surface area contributed by atoms with Gasteiger partial charge in [-0.05, 0) is 18.2 Å². The summed E-state index contributed by atoms with van der Waals surface area (Å²) in [7, 11) is -1.96. The molecule has 1 heterocycles. The SMILES string of the molecule is O=[P+]1c2ccccc2-c2ccccc2OC1O. The molecule has 0 amide bonds. The Bertz CT molecular complexity index is 595. The molecule has 2 unspecified atom stereocenters. The molecule has 84 valence electrons. The molecule has 0 fully saturated rings. The van der Waals surface area contributed by atoms with Crippen molar-refractivity contribution >= 4 is 13.1 Å². The Labute approximate surface area is 99.5 Å². The summed E-state index contributed by atoms with van der Waals surface area (Å²) in [5.41, 5.74) is 1.73. The number of ether oxygens (including phenoxy) is 1. The van der Waals surface area contributed by atoms with E-state index in [1.165, 1.54) is 0 Å². The average molecular weight is 245 g/mol. The number of fused-ring (bicyclic) bond motifs is 3. The molecule has 0 saturated heterocycles. The van der Waals surface area contributed by atoms with Gasteiger partial charge in [0.25, 0.3) is 0 Å². The second kappa shape index (κ2) is 3.95. The predicted molar refractivity (Wildman–Crippen MR) is 65.8 cm³/mol. The minimum Gasteiger partial charge on any atom is -0.425 e. The fraction of sp³-hybridized carbons (Fsp3) is 0.0769. The number of benzene rings is 2. The van der Waals surface area contributed by atoms with Crippen LogP contribution in [0.4, 0.5) is 0 Å². The first-order chi connectivity index (χ1) is 8.27. The monoisotopic (exact) mass is 245 g/mol. The van der Waals surface area contributed by atoms with E-state index in [1.807, 2.05) is 36.4 Å². The van der Waals surface area contributed by atoms with E-state index in [0.29, 0.717) is 11.1 Å². The minimum absolute atomic E-state index is 0.563. The van der Waals surface area contributed by atoms with Crippen LogP contribution in [0, 0.1) is 0 Å². The molecule has 3 rings (SSSR count). The number of aliphatic hydroxyl groups excluding tert-OH is 1. The van der Waals surface area contributed by atoms with Gasteiger partial charge < -0.3 is 9.84 Å². The van der Waals surface area contributed by atoms with Gasteiger partial charge in [-0.15, -0.1) is 0 Å². The lowest BCUT2D eigenvalue weighted by Gasteiger charge is -2.05. The van der Waals surface area contributed by atoms with Crippen LogP contribution in [0.1, 0.15) is 0 Å². The number of rotatable bonds is 0. The maximum Gasteiger partial charge on any atom is 0.453 e. The highest BCUT2D eigenvalue weighted by molar-refractivity contribution is 7.54. The zero-order chi connectivity index (χ0) is 11.8. The molecular formula is C13H10O3P+. The Morgan fingerprint density at radius 2 is 1.65 bits per heavy atom. The van der Waals surface area contributed by atoms with E-state index >= 15 is 0 Å². The van der Waals surface area contributed by atoms with Crippen molar-refractivity contribution in [2.45, 2.75) is 6.03 Å². The lowest BCUT2D eigenvalue weighted by atomic mass is 10.0. The summed E-state index contributed by atoms with van der Waals surface area (Å²) in [6.45, 7) is 0. The second-order valence-corrected chi connectivity index (χ2v) is 5.36. The van der Waals surface area contributed by atoms with E-state index in [1.54, 1.807) is 12.1 Å². The van der Waals surface area contributed by atoms with E-state index in [4.69, 9.17) is 4.74 Å². The maximum atomic E-state index is 12.1. The van der Waals surface area contributed by atoms with Crippen LogP contribution in [-0.4, -0.2) is 11.1 Å². The first-order valence-corrected chi connectivity index (χ1v) is 6.60. The molecular weight excluding hydrogens is 235 g/mol. The molecule has 1 N–H and O–H groups in total. The molecule has 0 bridgehead atoms. The molecule has 0 radical (unpaired) electrons. The zero-order valence-corrected chi connectivity index (χ0v) is 9.80. The Balaban J connectivity index is 2.33. The maximum absolute atomic E-state index is 12.1. The third-order valence-electron chi connectivity index (χ3n) is 2.75. The molecule has 17 heavy (non-hydrogen) atoms. The van der Waals surface area contributed by atoms with Gasteiger partial charge in [-0.1, -0.05) is 34.9 Å². The Hall–Kier alpha value is -1.70. The summed E-state index contributed by atoms with van der Waals surface area (Å²) in [6.07, 6.45) is 0. The summed E-state index contributed by atoms with van der Waals surface area (Å²) in [5, 5.41) is 10.4. The summed E-state index contributed by atoms with van der Waals surface area (Å²) >= 11 is 0. The standard InChI is InChI=1S/C13H10O3P/c14-13-16-11-7-3-1-5-9(11)10-6-2-4-8-12(10)17(13)15/h1-8,13-14H/q+1. The van der Waals surface area contributed by atoms with Crippen molar-refractivity contribution in [1.82, 2.24) is 0 Å². The van der Waals surface area contributed by atoms with Gasteiger partial charge in [0.2, 0.25) is 5.30 Å². The highest BCUT2D eigenvalue weighted by atomic mass is 31.1. The summed E-state index contributed by atoms with van der Waals surface area (Å²) < 4.78 is 17.4. The van der Waals surface area contributed by atoms with Crippen LogP contribution in [0.25, 0.3) is 11.1 Å². The first-order valence-electron chi connectivity index (χ1n) is 5.27. The third kappa shape index (κ3) is 1.64. The van der Waals surface area contributed by atoms with Gasteiger partial charge >= 0.3 is 13.8 Å². The van der Waals surface area contributed by atoms with Crippen LogP contribution >= 0.6 is 7.80 Å². The van der Waals surface area contributed by atoms with E-state index in [9.17, 15) is 9.67 Å². The predicted octanol–water partition coefficient (Wildman–Crippen LogP) is 2.47. The highest BCUT2D eigenvalue weighted by Gasteiger charge is 2.39. The van der Waals surface area contributed by atoms with Gasteiger partial charge in [0.15, 0.2) is 0 Å². The molecule has 0 spiro atoms. The van der Waals surface area contributed by atoms with E-state index in [2.05, 4.69) is 0 Å². The highest BCUT2D eigenvalue weighted by Crippen LogP contribution is 2.40. The Morgan fingerprint density at radius 1 is 1.00 bits per heavy atom. The van der Waals surface area contributed by atoms with Gasteiger partial charge in [0.05, 0.1) is 0 Å². The van der Waals surface area contributed by atoms with Crippen molar-refractivity contribution in [3.05, 3.63) is 48.5 Å². The van der Waals surface area contributed by atoms with E-state index in [-0.39, 0.29) is 0 Å². The fourth-order valence-electron chi connectivity index (χ4n) is 1.97. The quantitative estimate of drug-likeness (QED) is 0.725. The van der Waals surface area contributed by atoms with Gasteiger partial charge in [0.1, 0.15) is 5.75 Å². The minimum atomic E-state index is -1.96. The van der Waals surface area contributed by atoms with Crippen LogP contribution in [-0.2, 0) is 4.57 Å². The topological polar surface area (TPSA) is 46.5 Å². The van der Waals surface area contributed by atoms with Crippen LogP contribution in [0.15, 0.2) is 48.5 Å². The van der Waals surface area contributed by atoms with Crippen molar-refractivity contribution in [2.75, 3.05) is 0 Å². The van der Waals surface area contributed by atoms with Crippen molar-refractivity contribution in [2.24, 2.45) is 0 Å². The number of hydrogen-bond donors (Lipinski definition) is 1. The summed E-state index contributed by atoms with van der Waals surface area (Å²) in [6, 6.07) is 13.5. The van der Waals surface area contributed by atoms with E-state index < -0.39 is 13.8 Å². The third-order valence-corrected chi connectivity index (χ3v) is 4.12. The van der Waals surface area contributed by atoms with Crippen LogP contribution in [0.5, 0.6) is 5.75 Å². The molecule has 0 saturated carbocycles. The second-order valence-electron chi connectivity index (χ2n) is 3.78. The molecule has 3 nitrogen and oxygen atoms in total. The molecule has 4 heteroatoms. The van der Waals surface area contributed by atoms with Gasteiger partial charge in [-0.25, -0.2) is 0 Å². The first kappa shape index (κ1) is 10.5. The smallest absolute Gasteiger partial charge is 0.425 e. The van der Waals surface area contributed by atoms with Crippen molar-refractivity contribution in [3.8, 4) is 16.9 Å². The van der Waals surface area contributed by atoms with Crippen LogP contribution < -0.4 is 10.0 Å². The largest absolute Gasteiger partial charge is 0.453 e. The molecule has 1 aliphatic rings. The summed E-state index contributed by atoms with van der Waals surface area (Å²) in [5.74, 6) is 0.563. The number of hydrogen-bond acceptors (Lipinski definition) is 3. The lowest BCUT2D eigenvalue weighted by Crippen LogP contribution is -2.13. The van der Waals surface area contributed by atoms with Crippen LogP contribution in [0.3, 0.4) is 0 Å². The van der Waals surface area contributed by atoms with Gasteiger partial charge in [-0.2, -0.15) is 0 Å². The lowest BCUT2D eigenvalue weighted by molar-refractivity contribution is 0.0561. The molecule has 0 aromatic heterocycles. The molecule has 2 aromatic carbocycles. The number of para-hydroxylation sites is 1. The fourth-order valence-corrected chi connectivity index (χ4v) is 3.08. The number of aliphatic hydroxyl groups is 1. The average Bonchev–Trinajstić information content (AvgIpc) is 2.48. The molecule has 2 aromatic rings. The van der Waals surface area contributed by atoms with E-state index in [0.717, 1.165) is 11.1 Å². The molecule has 2 atom stereocenters. The zero-order valence-electron chi connectivity index (χ0n) is 8.91. The van der Waals surface area contributed by atoms with Gasteiger partial charge in [0, 0.05) is 11.1 Å². The van der Waals surface area contributed by atoms with Crippen molar-refractivity contribution in [3.63, 3.8) is 0 Å². The van der Waals surface area contributed by atoms with Crippen molar-refractivity contribution in [1.29, 1.82) is 0 Å². The Morgan fingerprint density at radius 3 is 2.47 bits per heavy atom. The Kier molecular flexibility index (Phi) is 2.43. The van der Waals surface area contributed by atoms with Gasteiger partial charge in [-0.3, -0.25) is 0 Å². The molecule has 0 aliphatic carbocycles. The van der Waals surface area contributed by atoms with Crippen LogP contribution in [0.2, 0.25) is 0 Å². The normalized spacial score (nSPS) is 19.8. The van der Waals surface area contributed by atoms with Crippen molar-refractivity contribution < 1.29 is 14.4 Å².